The Bertz CT molecular complexity index is 845. The number of methoxy groups -OCH3 is 1. The Morgan fingerprint density at radius 3 is 2.42 bits per heavy atom. The van der Waals surface area contributed by atoms with Crippen molar-refractivity contribution in [3.63, 3.8) is 0 Å². The molecule has 0 amide bonds. The minimum absolute atomic E-state index is 0.00259. The lowest BCUT2D eigenvalue weighted by Gasteiger charge is -2.02. The number of hydrogen-bond donors (Lipinski definition) is 0. The van der Waals surface area contributed by atoms with E-state index >= 15 is 0 Å². The smallest absolute Gasteiger partial charge is 0.334 e. The van der Waals surface area contributed by atoms with Crippen molar-refractivity contribution < 1.29 is 19.2 Å². The van der Waals surface area contributed by atoms with Crippen molar-refractivity contribution in [2.24, 2.45) is 0 Å². The summed E-state index contributed by atoms with van der Waals surface area (Å²) in [5.41, 5.74) is 1.33. The van der Waals surface area contributed by atoms with E-state index in [-0.39, 0.29) is 18.7 Å². The van der Waals surface area contributed by atoms with Gasteiger partial charge in [0.2, 0.25) is 0 Å². The number of rotatable bonds is 6. The standard InChI is InChI=1S/C20H17NO5/c1-25-20(22)17(15-16-7-3-2-4-8-16)9-5-6-14-26-19-12-10-18(11-13-19)21(23)24/h2-4,7-8,10-13,15H,9,14H2,1H3/b17-15+. The van der Waals surface area contributed by atoms with Crippen molar-refractivity contribution in [3.05, 3.63) is 75.8 Å². The minimum Gasteiger partial charge on any atom is -0.481 e. The lowest BCUT2D eigenvalue weighted by Crippen LogP contribution is -2.04. The number of hydrogen-bond acceptors (Lipinski definition) is 5. The van der Waals surface area contributed by atoms with Crippen LogP contribution in [-0.2, 0) is 9.53 Å². The molecule has 0 fully saturated rings. The van der Waals surface area contributed by atoms with Gasteiger partial charge in [0, 0.05) is 24.1 Å². The summed E-state index contributed by atoms with van der Waals surface area (Å²) in [6.07, 6.45) is 1.96. The van der Waals surface area contributed by atoms with Crippen molar-refractivity contribution in [2.75, 3.05) is 13.7 Å². The van der Waals surface area contributed by atoms with Gasteiger partial charge in [-0.15, -0.1) is 0 Å². The predicted molar refractivity (Wildman–Crippen MR) is 97.4 cm³/mol. The van der Waals surface area contributed by atoms with E-state index in [1.54, 1.807) is 6.08 Å². The monoisotopic (exact) mass is 351 g/mol. The molecule has 0 aliphatic heterocycles. The molecule has 0 aromatic heterocycles. The molecule has 0 saturated heterocycles. The molecule has 0 atom stereocenters. The first kappa shape index (κ1) is 18.7. The molecule has 6 nitrogen and oxygen atoms in total. The van der Waals surface area contributed by atoms with Gasteiger partial charge in [0.25, 0.3) is 5.69 Å². The summed E-state index contributed by atoms with van der Waals surface area (Å²) < 4.78 is 10.2. The zero-order chi connectivity index (χ0) is 18.8. The zero-order valence-corrected chi connectivity index (χ0v) is 14.2. The van der Waals surface area contributed by atoms with Crippen LogP contribution in [0, 0.1) is 22.0 Å². The van der Waals surface area contributed by atoms with E-state index in [0.717, 1.165) is 5.56 Å². The Kier molecular flexibility index (Phi) is 6.95. The number of esters is 1. The number of benzene rings is 2. The van der Waals surface area contributed by atoms with Gasteiger partial charge in [-0.2, -0.15) is 0 Å². The number of nitro groups is 1. The molecule has 2 rings (SSSR count). The molecule has 0 unspecified atom stereocenters. The van der Waals surface area contributed by atoms with Gasteiger partial charge in [0.1, 0.15) is 12.4 Å². The topological polar surface area (TPSA) is 78.7 Å². The molecule has 0 radical (unpaired) electrons. The third kappa shape index (κ3) is 5.80. The molecule has 0 aliphatic carbocycles. The maximum absolute atomic E-state index is 11.8. The van der Waals surface area contributed by atoms with Crippen LogP contribution < -0.4 is 4.74 Å². The minimum atomic E-state index is -0.475. The number of carbonyl (C=O) groups is 1. The second-order valence-electron chi connectivity index (χ2n) is 5.14. The lowest BCUT2D eigenvalue weighted by atomic mass is 10.1. The van der Waals surface area contributed by atoms with Crippen molar-refractivity contribution in [3.8, 4) is 17.6 Å². The molecule has 26 heavy (non-hydrogen) atoms. The van der Waals surface area contributed by atoms with E-state index in [1.165, 1.54) is 31.4 Å². The first-order valence-corrected chi connectivity index (χ1v) is 7.77. The van der Waals surface area contributed by atoms with E-state index in [4.69, 9.17) is 9.47 Å². The predicted octanol–water partition coefficient (Wildman–Crippen LogP) is 3.62. The van der Waals surface area contributed by atoms with Gasteiger partial charge < -0.3 is 9.47 Å². The second-order valence-corrected chi connectivity index (χ2v) is 5.14. The summed E-state index contributed by atoms with van der Waals surface area (Å²) in [5, 5.41) is 10.6. The summed E-state index contributed by atoms with van der Waals surface area (Å²) in [5.74, 6) is 5.73. The second kappa shape index (κ2) is 9.64. The van der Waals surface area contributed by atoms with Crippen LogP contribution in [0.4, 0.5) is 5.69 Å². The Morgan fingerprint density at radius 2 is 1.81 bits per heavy atom. The fourth-order valence-electron chi connectivity index (χ4n) is 2.06. The van der Waals surface area contributed by atoms with Gasteiger partial charge >= 0.3 is 5.97 Å². The summed E-state index contributed by atoms with van der Waals surface area (Å²) in [7, 11) is 1.33. The van der Waals surface area contributed by atoms with Crippen LogP contribution in [0.5, 0.6) is 5.75 Å². The fraction of sp³-hybridized carbons (Fsp3) is 0.150. The molecular weight excluding hydrogens is 334 g/mol. The molecule has 0 aliphatic rings. The van der Waals surface area contributed by atoms with Gasteiger partial charge in [-0.1, -0.05) is 42.2 Å². The molecule has 0 bridgehead atoms. The average molecular weight is 351 g/mol. The fourth-order valence-corrected chi connectivity index (χ4v) is 2.06. The summed E-state index contributed by atoms with van der Waals surface area (Å²) in [4.78, 5) is 22.0. The largest absolute Gasteiger partial charge is 0.481 e. The van der Waals surface area contributed by atoms with Crippen LogP contribution in [-0.4, -0.2) is 24.6 Å². The van der Waals surface area contributed by atoms with E-state index in [9.17, 15) is 14.9 Å². The van der Waals surface area contributed by atoms with Gasteiger partial charge in [-0.3, -0.25) is 10.1 Å². The van der Waals surface area contributed by atoms with Crippen molar-refractivity contribution in [2.45, 2.75) is 6.42 Å². The summed E-state index contributed by atoms with van der Waals surface area (Å²) in [6.45, 7) is 0.109. The Hall–Kier alpha value is -3.59. The molecule has 6 heteroatoms. The summed E-state index contributed by atoms with van der Waals surface area (Å²) >= 11 is 0. The van der Waals surface area contributed by atoms with Crippen LogP contribution >= 0.6 is 0 Å². The van der Waals surface area contributed by atoms with Crippen molar-refractivity contribution >= 4 is 17.7 Å². The Morgan fingerprint density at radius 1 is 1.12 bits per heavy atom. The van der Waals surface area contributed by atoms with Crippen LogP contribution in [0.3, 0.4) is 0 Å². The first-order chi connectivity index (χ1) is 12.6. The van der Waals surface area contributed by atoms with Crippen LogP contribution in [0.2, 0.25) is 0 Å². The zero-order valence-electron chi connectivity index (χ0n) is 14.2. The molecule has 2 aromatic carbocycles. The van der Waals surface area contributed by atoms with E-state index in [1.807, 2.05) is 30.3 Å². The van der Waals surface area contributed by atoms with Gasteiger partial charge in [0.05, 0.1) is 12.0 Å². The molecule has 132 valence electrons. The first-order valence-electron chi connectivity index (χ1n) is 7.77. The molecule has 0 spiro atoms. The van der Waals surface area contributed by atoms with E-state index in [0.29, 0.717) is 11.3 Å². The third-order valence-corrected chi connectivity index (χ3v) is 3.35. The highest BCUT2D eigenvalue weighted by Gasteiger charge is 2.08. The van der Waals surface area contributed by atoms with Crippen LogP contribution in [0.15, 0.2) is 60.2 Å². The average Bonchev–Trinajstić information content (AvgIpc) is 2.67. The van der Waals surface area contributed by atoms with Gasteiger partial charge in [0.15, 0.2) is 0 Å². The quantitative estimate of drug-likeness (QED) is 0.261. The van der Waals surface area contributed by atoms with Crippen LogP contribution in [0.25, 0.3) is 6.08 Å². The molecule has 2 aromatic rings. The third-order valence-electron chi connectivity index (χ3n) is 3.35. The highest BCUT2D eigenvalue weighted by Crippen LogP contribution is 2.17. The Labute approximate surface area is 151 Å². The van der Waals surface area contributed by atoms with Gasteiger partial charge in [-0.25, -0.2) is 4.79 Å². The number of non-ortho nitro benzene ring substituents is 1. The normalized spacial score (nSPS) is 10.4. The van der Waals surface area contributed by atoms with Crippen molar-refractivity contribution in [1.29, 1.82) is 0 Å². The maximum Gasteiger partial charge on any atom is 0.334 e. The lowest BCUT2D eigenvalue weighted by molar-refractivity contribution is -0.384. The van der Waals surface area contributed by atoms with E-state index < -0.39 is 10.9 Å². The number of nitro benzene ring substituents is 1. The van der Waals surface area contributed by atoms with Crippen molar-refractivity contribution in [1.82, 2.24) is 0 Å². The van der Waals surface area contributed by atoms with Crippen LogP contribution in [0.1, 0.15) is 12.0 Å². The number of ether oxygens (including phenoxy) is 2. The highest BCUT2D eigenvalue weighted by molar-refractivity contribution is 5.94. The highest BCUT2D eigenvalue weighted by atomic mass is 16.6. The SMILES string of the molecule is COC(=O)/C(=C/c1ccccc1)CC#CCOc1ccc([N+](=O)[O-])cc1. The molecule has 0 N–H and O–H groups in total. The molecule has 0 heterocycles. The number of carbonyl (C=O) groups excluding carboxylic acids is 1. The molecular formula is C20H17NO5. The van der Waals surface area contributed by atoms with Gasteiger partial charge in [-0.05, 0) is 23.8 Å². The maximum atomic E-state index is 11.8. The molecule has 0 saturated carbocycles. The van der Waals surface area contributed by atoms with E-state index in [2.05, 4.69) is 11.8 Å². The summed E-state index contributed by atoms with van der Waals surface area (Å²) in [6, 6.07) is 15.2. The Balaban J connectivity index is 1.94. The number of nitrogens with zero attached hydrogens (tertiary/aromatic N) is 1.